The van der Waals surface area contributed by atoms with Crippen LogP contribution in [0.1, 0.15) is 76.0 Å². The van der Waals surface area contributed by atoms with Crippen LogP contribution in [0.15, 0.2) is 68.9 Å². The van der Waals surface area contributed by atoms with Crippen LogP contribution >= 0.6 is 27.7 Å². The molecule has 0 nitrogen and oxygen atoms in total. The van der Waals surface area contributed by atoms with Crippen LogP contribution in [0.5, 0.6) is 0 Å². The first-order valence-electron chi connectivity index (χ1n) is 11.0. The molecule has 3 aromatic rings. The molecule has 1 heterocycles. The van der Waals surface area contributed by atoms with E-state index in [0.717, 1.165) is 4.47 Å². The van der Waals surface area contributed by atoms with Gasteiger partial charge in [-0.05, 0) is 52.6 Å². The van der Waals surface area contributed by atoms with Crippen molar-refractivity contribution in [3.63, 3.8) is 0 Å². The van der Waals surface area contributed by atoms with Crippen molar-refractivity contribution in [3.8, 4) is 0 Å². The van der Waals surface area contributed by atoms with Crippen LogP contribution in [-0.4, -0.2) is 6.71 Å². The van der Waals surface area contributed by atoms with Gasteiger partial charge in [-0.25, -0.2) is 0 Å². The SMILES string of the molecule is CC(C)c1cc(C(C)C)c(B2c3ccccc3Sc3cc(Br)ccc32)c(C(C)C)c1. The van der Waals surface area contributed by atoms with Gasteiger partial charge < -0.3 is 0 Å². The molecule has 0 spiro atoms. The first-order chi connectivity index (χ1) is 14.3. The lowest BCUT2D eigenvalue weighted by Crippen LogP contribution is -2.57. The normalized spacial score (nSPS) is 13.2. The molecule has 0 radical (unpaired) electrons. The number of rotatable bonds is 4. The summed E-state index contributed by atoms with van der Waals surface area (Å²) >= 11 is 5.60. The van der Waals surface area contributed by atoms with E-state index in [1.165, 1.54) is 42.9 Å². The maximum absolute atomic E-state index is 3.69. The quantitative estimate of drug-likeness (QED) is 0.292. The summed E-state index contributed by atoms with van der Waals surface area (Å²) in [6.07, 6.45) is 0. The van der Waals surface area contributed by atoms with Gasteiger partial charge >= 0.3 is 0 Å². The van der Waals surface area contributed by atoms with Gasteiger partial charge in [-0.1, -0.05) is 122 Å². The van der Waals surface area contributed by atoms with Crippen LogP contribution in [0.3, 0.4) is 0 Å². The lowest BCUT2D eigenvalue weighted by Gasteiger charge is -2.32. The second-order valence-electron chi connectivity index (χ2n) is 9.33. The summed E-state index contributed by atoms with van der Waals surface area (Å²) in [5.41, 5.74) is 8.87. The highest BCUT2D eigenvalue weighted by Gasteiger charge is 2.35. The Hall–Kier alpha value is -1.45. The van der Waals surface area contributed by atoms with Crippen molar-refractivity contribution < 1.29 is 0 Å². The van der Waals surface area contributed by atoms with E-state index in [2.05, 4.69) is 112 Å². The molecule has 0 saturated heterocycles. The fourth-order valence-corrected chi connectivity index (χ4v) is 6.28. The summed E-state index contributed by atoms with van der Waals surface area (Å²) in [5, 5.41) is 0. The van der Waals surface area contributed by atoms with E-state index in [1.807, 2.05) is 11.8 Å². The van der Waals surface area contributed by atoms with Crippen LogP contribution in [-0.2, 0) is 0 Å². The van der Waals surface area contributed by atoms with E-state index in [4.69, 9.17) is 0 Å². The molecule has 0 fully saturated rings. The summed E-state index contributed by atoms with van der Waals surface area (Å²) in [6, 6.07) is 20.8. The van der Waals surface area contributed by atoms with E-state index >= 15 is 0 Å². The van der Waals surface area contributed by atoms with Gasteiger partial charge in [0.1, 0.15) is 0 Å². The van der Waals surface area contributed by atoms with Gasteiger partial charge in [-0.15, -0.1) is 0 Å². The molecule has 0 saturated carbocycles. The van der Waals surface area contributed by atoms with Crippen molar-refractivity contribution >= 4 is 50.8 Å². The minimum absolute atomic E-state index is 0.279. The highest BCUT2D eigenvalue weighted by Crippen LogP contribution is 2.33. The Morgan fingerprint density at radius 2 is 1.30 bits per heavy atom. The molecular formula is C27H30BBrS. The highest BCUT2D eigenvalue weighted by molar-refractivity contribution is 9.10. The third-order valence-electron chi connectivity index (χ3n) is 6.20. The molecule has 1 aliphatic rings. The molecule has 0 unspecified atom stereocenters. The summed E-state index contributed by atoms with van der Waals surface area (Å²) in [5.74, 6) is 1.50. The second-order valence-corrected chi connectivity index (χ2v) is 11.3. The monoisotopic (exact) mass is 476 g/mol. The van der Waals surface area contributed by atoms with Crippen molar-refractivity contribution in [2.24, 2.45) is 0 Å². The first kappa shape index (κ1) is 21.8. The van der Waals surface area contributed by atoms with E-state index < -0.39 is 0 Å². The van der Waals surface area contributed by atoms with Crippen molar-refractivity contribution in [2.75, 3.05) is 0 Å². The van der Waals surface area contributed by atoms with Gasteiger partial charge in [-0.3, -0.25) is 0 Å². The average molecular weight is 477 g/mol. The smallest absolute Gasteiger partial charge is 0.0911 e. The Morgan fingerprint density at radius 1 is 0.700 bits per heavy atom. The molecule has 0 atom stereocenters. The molecular weight excluding hydrogens is 447 g/mol. The zero-order valence-electron chi connectivity index (χ0n) is 18.8. The lowest BCUT2D eigenvalue weighted by molar-refractivity contribution is 0.812. The fraction of sp³-hybridized carbons (Fsp3) is 0.333. The summed E-state index contributed by atoms with van der Waals surface area (Å²) in [6.45, 7) is 14.3. The molecule has 0 N–H and O–H groups in total. The summed E-state index contributed by atoms with van der Waals surface area (Å²) in [4.78, 5) is 2.75. The predicted octanol–water partition coefficient (Wildman–Crippen LogP) is 6.80. The standard InChI is InChI=1S/C27H30BBrS/c1-16(2)19-13-21(17(3)4)27(22(14-19)18(5)6)28-23-9-7-8-10-25(23)30-26-15-20(29)11-12-24(26)28/h7-18H,1-6H3. The Kier molecular flexibility index (Phi) is 6.24. The van der Waals surface area contributed by atoms with E-state index in [0.29, 0.717) is 17.8 Å². The van der Waals surface area contributed by atoms with E-state index in [-0.39, 0.29) is 6.71 Å². The van der Waals surface area contributed by atoms with Crippen molar-refractivity contribution in [2.45, 2.75) is 69.1 Å². The maximum Gasteiger partial charge on any atom is 0.244 e. The third kappa shape index (κ3) is 3.92. The first-order valence-corrected chi connectivity index (χ1v) is 12.6. The minimum atomic E-state index is 0.279. The molecule has 30 heavy (non-hydrogen) atoms. The molecule has 154 valence electrons. The zero-order chi connectivity index (χ0) is 21.6. The highest BCUT2D eigenvalue weighted by atomic mass is 79.9. The molecule has 0 aromatic heterocycles. The molecule has 0 aliphatic carbocycles. The van der Waals surface area contributed by atoms with Gasteiger partial charge in [0, 0.05) is 14.3 Å². The number of halogens is 1. The Labute approximate surface area is 195 Å². The van der Waals surface area contributed by atoms with Gasteiger partial charge in [0.05, 0.1) is 0 Å². The molecule has 0 bridgehead atoms. The Balaban J connectivity index is 2.08. The minimum Gasteiger partial charge on any atom is -0.0911 e. The topological polar surface area (TPSA) is 0 Å². The van der Waals surface area contributed by atoms with Crippen LogP contribution in [0.4, 0.5) is 0 Å². The van der Waals surface area contributed by atoms with Crippen LogP contribution in [0.25, 0.3) is 0 Å². The molecule has 4 rings (SSSR count). The van der Waals surface area contributed by atoms with Crippen molar-refractivity contribution in [1.82, 2.24) is 0 Å². The fourth-order valence-electron chi connectivity index (χ4n) is 4.59. The molecule has 3 aromatic carbocycles. The molecule has 1 aliphatic heterocycles. The number of hydrogen-bond donors (Lipinski definition) is 0. The van der Waals surface area contributed by atoms with Gasteiger partial charge in [0.2, 0.25) is 6.71 Å². The van der Waals surface area contributed by atoms with Gasteiger partial charge in [0.25, 0.3) is 0 Å². The van der Waals surface area contributed by atoms with Crippen molar-refractivity contribution in [1.29, 1.82) is 0 Å². The van der Waals surface area contributed by atoms with Crippen LogP contribution < -0.4 is 16.4 Å². The van der Waals surface area contributed by atoms with Gasteiger partial charge in [0.15, 0.2) is 0 Å². The average Bonchev–Trinajstić information content (AvgIpc) is 2.70. The second kappa shape index (κ2) is 8.59. The van der Waals surface area contributed by atoms with Crippen LogP contribution in [0.2, 0.25) is 0 Å². The number of benzene rings is 3. The van der Waals surface area contributed by atoms with E-state index in [1.54, 1.807) is 0 Å². The number of fused-ring (bicyclic) bond motifs is 2. The summed E-state index contributed by atoms with van der Waals surface area (Å²) in [7, 11) is 0. The van der Waals surface area contributed by atoms with Crippen LogP contribution in [0, 0.1) is 0 Å². The van der Waals surface area contributed by atoms with E-state index in [9.17, 15) is 0 Å². The molecule has 3 heteroatoms. The maximum atomic E-state index is 3.69. The van der Waals surface area contributed by atoms with Gasteiger partial charge in [-0.2, -0.15) is 0 Å². The predicted molar refractivity (Wildman–Crippen MR) is 138 cm³/mol. The largest absolute Gasteiger partial charge is 0.244 e. The van der Waals surface area contributed by atoms with Crippen molar-refractivity contribution in [3.05, 3.63) is 75.8 Å². The Morgan fingerprint density at radius 3 is 1.90 bits per heavy atom. The summed E-state index contributed by atoms with van der Waals surface area (Å²) < 4.78 is 1.15. The zero-order valence-corrected chi connectivity index (χ0v) is 21.2. The molecule has 0 amide bonds. The lowest BCUT2D eigenvalue weighted by atomic mass is 9.34. The third-order valence-corrected chi connectivity index (χ3v) is 7.86. The number of hydrogen-bond acceptors (Lipinski definition) is 1. The Bertz CT molecular complexity index is 1050.